The Bertz CT molecular complexity index is 728. The Labute approximate surface area is 126 Å². The Morgan fingerprint density at radius 1 is 1.19 bits per heavy atom. The Morgan fingerprint density at radius 3 is 2.14 bits per heavy atom. The summed E-state index contributed by atoms with van der Waals surface area (Å²) in [5, 5.41) is 0. The zero-order chi connectivity index (χ0) is 16.3. The second kappa shape index (κ2) is 6.60. The minimum Gasteiger partial charge on any atom is -0.224 e. The molecule has 0 unspecified atom stereocenters. The van der Waals surface area contributed by atoms with Gasteiger partial charge in [0.25, 0.3) is 0 Å². The average molecular weight is 329 g/mol. The van der Waals surface area contributed by atoms with Crippen LogP contribution in [-0.2, 0) is 19.9 Å². The lowest BCUT2D eigenvalue weighted by molar-refractivity contribution is 0.398. The molecule has 0 radical (unpaired) electrons. The van der Waals surface area contributed by atoms with Gasteiger partial charge >= 0.3 is 0 Å². The number of rotatable bonds is 6. The van der Waals surface area contributed by atoms with Gasteiger partial charge in [0, 0.05) is 25.8 Å². The third-order valence-electron chi connectivity index (χ3n) is 3.28. The van der Waals surface area contributed by atoms with E-state index in [0.29, 0.717) is 5.56 Å². The molecule has 0 aromatic heterocycles. The van der Waals surface area contributed by atoms with Crippen LogP contribution in [0.3, 0.4) is 0 Å². The lowest BCUT2D eigenvalue weighted by atomic mass is 10.1. The van der Waals surface area contributed by atoms with E-state index in [2.05, 4.69) is 5.92 Å². The molecule has 0 aliphatic heterocycles. The molecule has 0 bridgehead atoms. The molecular weight excluding hydrogens is 310 g/mol. The first-order chi connectivity index (χ1) is 9.59. The van der Waals surface area contributed by atoms with E-state index >= 15 is 0 Å². The average Bonchev–Trinajstić information content (AvgIpc) is 2.42. The Balaban J connectivity index is 2.99. The van der Waals surface area contributed by atoms with Crippen molar-refractivity contribution < 1.29 is 16.8 Å². The minimum atomic E-state index is -3.44. The molecule has 0 saturated heterocycles. The molecule has 0 heterocycles. The van der Waals surface area contributed by atoms with E-state index in [-0.39, 0.29) is 17.1 Å². The van der Waals surface area contributed by atoms with E-state index in [9.17, 15) is 16.8 Å². The molecule has 1 aromatic rings. The van der Waals surface area contributed by atoms with Crippen LogP contribution in [0.2, 0.25) is 0 Å². The molecule has 0 aliphatic rings. The summed E-state index contributed by atoms with van der Waals surface area (Å²) in [6.07, 6.45) is 6.38. The zero-order valence-electron chi connectivity index (χ0n) is 12.3. The highest BCUT2D eigenvalue weighted by Crippen LogP contribution is 2.23. The van der Waals surface area contributed by atoms with Crippen LogP contribution >= 0.6 is 0 Å². The van der Waals surface area contributed by atoms with E-state index in [1.54, 1.807) is 19.1 Å². The third kappa shape index (κ3) is 4.56. The van der Waals surface area contributed by atoms with Gasteiger partial charge in [-0.05, 0) is 24.6 Å². The van der Waals surface area contributed by atoms with E-state index < -0.39 is 25.9 Å². The summed E-state index contributed by atoms with van der Waals surface area (Å²) in [5.74, 6) is 2.20. The van der Waals surface area contributed by atoms with Gasteiger partial charge in [0.1, 0.15) is 0 Å². The Morgan fingerprint density at radius 2 is 1.71 bits per heavy atom. The normalized spacial score (nSPS) is 13.9. The first-order valence-corrected chi connectivity index (χ1v) is 9.79. The summed E-state index contributed by atoms with van der Waals surface area (Å²) in [4.78, 5) is 0.205. The van der Waals surface area contributed by atoms with Crippen LogP contribution in [-0.4, -0.2) is 40.2 Å². The number of sulfone groups is 1. The molecule has 21 heavy (non-hydrogen) atoms. The molecule has 0 N–H and O–H groups in total. The quantitative estimate of drug-likeness (QED) is 0.740. The minimum absolute atomic E-state index is 0.105. The van der Waals surface area contributed by atoms with Crippen LogP contribution < -0.4 is 0 Å². The lowest BCUT2D eigenvalue weighted by Gasteiger charge is -2.24. The molecule has 1 atom stereocenters. The lowest BCUT2D eigenvalue weighted by Crippen LogP contribution is -2.31. The molecule has 0 amide bonds. The highest BCUT2D eigenvalue weighted by atomic mass is 32.2. The number of hydrogen-bond acceptors (Lipinski definition) is 4. The van der Waals surface area contributed by atoms with Crippen LogP contribution in [0, 0.1) is 12.3 Å². The van der Waals surface area contributed by atoms with Gasteiger partial charge < -0.3 is 0 Å². The number of nitrogens with zero attached hydrogens (tertiary/aromatic N) is 1. The summed E-state index contributed by atoms with van der Waals surface area (Å²) >= 11 is 0. The second-order valence-electron chi connectivity index (χ2n) is 4.80. The SMILES string of the molecule is C#CCCS(=O)(=O)N(C)[C@H](C)c1ccc(S(C)(=O)=O)cc1. The van der Waals surface area contributed by atoms with Gasteiger partial charge in [0.05, 0.1) is 10.6 Å². The van der Waals surface area contributed by atoms with Gasteiger partial charge in [0.15, 0.2) is 9.84 Å². The van der Waals surface area contributed by atoms with Gasteiger partial charge in [-0.15, -0.1) is 12.3 Å². The summed E-state index contributed by atoms with van der Waals surface area (Å²) in [6.45, 7) is 1.74. The maximum atomic E-state index is 12.1. The summed E-state index contributed by atoms with van der Waals surface area (Å²) in [6, 6.07) is 5.79. The Kier molecular flexibility index (Phi) is 5.56. The van der Waals surface area contributed by atoms with Crippen LogP contribution in [0.15, 0.2) is 29.2 Å². The maximum Gasteiger partial charge on any atom is 0.215 e. The molecular formula is C14H19NO4S2. The van der Waals surface area contributed by atoms with Crippen molar-refractivity contribution in [2.75, 3.05) is 19.1 Å². The monoisotopic (exact) mass is 329 g/mol. The first-order valence-electron chi connectivity index (χ1n) is 6.29. The van der Waals surface area contributed by atoms with Gasteiger partial charge in [0.2, 0.25) is 10.0 Å². The number of benzene rings is 1. The van der Waals surface area contributed by atoms with Crippen LogP contribution in [0.25, 0.3) is 0 Å². The molecule has 0 spiro atoms. The molecule has 0 saturated carbocycles. The molecule has 5 nitrogen and oxygen atoms in total. The van der Waals surface area contributed by atoms with E-state index in [4.69, 9.17) is 6.42 Å². The second-order valence-corrected chi connectivity index (χ2v) is 8.97. The van der Waals surface area contributed by atoms with Crippen molar-refractivity contribution in [2.45, 2.75) is 24.3 Å². The van der Waals surface area contributed by atoms with E-state index in [1.165, 1.54) is 23.5 Å². The van der Waals surface area contributed by atoms with E-state index in [0.717, 1.165) is 6.26 Å². The number of sulfonamides is 1. The molecule has 0 fully saturated rings. The fourth-order valence-electron chi connectivity index (χ4n) is 1.78. The van der Waals surface area contributed by atoms with Crippen LogP contribution in [0.5, 0.6) is 0 Å². The molecule has 0 aliphatic carbocycles. The molecule has 7 heteroatoms. The maximum absolute atomic E-state index is 12.1. The summed E-state index contributed by atoms with van der Waals surface area (Å²) < 4.78 is 48.2. The fraction of sp³-hybridized carbons (Fsp3) is 0.429. The first kappa shape index (κ1) is 17.7. The van der Waals surface area contributed by atoms with Crippen LogP contribution in [0.4, 0.5) is 0 Å². The van der Waals surface area contributed by atoms with E-state index in [1.807, 2.05) is 0 Å². The van der Waals surface area contributed by atoms with Crippen molar-refractivity contribution in [1.82, 2.24) is 4.31 Å². The molecule has 1 rings (SSSR count). The summed E-state index contributed by atoms with van der Waals surface area (Å²) in [7, 11) is -5.21. The molecule has 116 valence electrons. The van der Waals surface area contributed by atoms with Gasteiger partial charge in [-0.1, -0.05) is 12.1 Å². The number of terminal acetylenes is 1. The van der Waals surface area contributed by atoms with Crippen molar-refractivity contribution in [3.05, 3.63) is 29.8 Å². The van der Waals surface area contributed by atoms with Crippen LogP contribution in [0.1, 0.15) is 24.9 Å². The largest absolute Gasteiger partial charge is 0.224 e. The van der Waals surface area contributed by atoms with Crippen molar-refractivity contribution in [3.8, 4) is 12.3 Å². The van der Waals surface area contributed by atoms with Crippen molar-refractivity contribution in [3.63, 3.8) is 0 Å². The zero-order valence-corrected chi connectivity index (χ0v) is 13.9. The Hall–Kier alpha value is -1.36. The third-order valence-corrected chi connectivity index (χ3v) is 6.32. The highest BCUT2D eigenvalue weighted by Gasteiger charge is 2.23. The van der Waals surface area contributed by atoms with Crippen molar-refractivity contribution in [2.24, 2.45) is 0 Å². The predicted molar refractivity (Wildman–Crippen MR) is 83.0 cm³/mol. The van der Waals surface area contributed by atoms with Crippen molar-refractivity contribution >= 4 is 19.9 Å². The molecule has 1 aromatic carbocycles. The van der Waals surface area contributed by atoms with Gasteiger partial charge in [-0.2, -0.15) is 4.31 Å². The fourth-order valence-corrected chi connectivity index (χ4v) is 3.67. The number of hydrogen-bond donors (Lipinski definition) is 0. The van der Waals surface area contributed by atoms with Crippen molar-refractivity contribution in [1.29, 1.82) is 0 Å². The van der Waals surface area contributed by atoms with Gasteiger partial charge in [-0.25, -0.2) is 16.8 Å². The topological polar surface area (TPSA) is 71.5 Å². The summed E-state index contributed by atoms with van der Waals surface area (Å²) in [5.41, 5.74) is 0.717. The smallest absolute Gasteiger partial charge is 0.215 e. The predicted octanol–water partition coefficient (Wildman–Crippen LogP) is 1.44. The highest BCUT2D eigenvalue weighted by molar-refractivity contribution is 7.90. The standard InChI is InChI=1S/C14H19NO4S2/c1-5-6-11-21(18,19)15(3)12(2)13-7-9-14(10-8-13)20(4,16)17/h1,7-10,12H,6,11H2,2-4H3/t12-/m1/s1. The van der Waals surface area contributed by atoms with Gasteiger partial charge in [-0.3, -0.25) is 0 Å².